The highest BCUT2D eigenvalue weighted by molar-refractivity contribution is 5.64. The van der Waals surface area contributed by atoms with Crippen LogP contribution in [0.25, 0.3) is 11.5 Å². The van der Waals surface area contributed by atoms with E-state index in [2.05, 4.69) is 10.1 Å². The van der Waals surface area contributed by atoms with Crippen molar-refractivity contribution in [3.05, 3.63) is 24.0 Å². The summed E-state index contributed by atoms with van der Waals surface area (Å²) in [5.41, 5.74) is 0.0989. The van der Waals surface area contributed by atoms with Gasteiger partial charge in [-0.05, 0) is 18.2 Å². The molecule has 1 heterocycles. The molecule has 0 atom stereocenters. The quantitative estimate of drug-likeness (QED) is 0.741. The second-order valence-electron chi connectivity index (χ2n) is 4.87. The zero-order valence-corrected chi connectivity index (χ0v) is 9.93. The molecule has 0 unspecified atom stereocenters. The summed E-state index contributed by atoms with van der Waals surface area (Å²) in [5.74, 6) is 0.777. The zero-order chi connectivity index (χ0) is 12.6. The van der Waals surface area contributed by atoms with Gasteiger partial charge in [-0.1, -0.05) is 25.9 Å². The van der Waals surface area contributed by atoms with Crippen molar-refractivity contribution in [2.45, 2.75) is 26.2 Å². The lowest BCUT2D eigenvalue weighted by molar-refractivity contribution is 0.399. The molecule has 5 heteroatoms. The molecule has 1 aromatic heterocycles. The summed E-state index contributed by atoms with van der Waals surface area (Å²) in [5, 5.41) is 22.9. The van der Waals surface area contributed by atoms with E-state index in [1.54, 1.807) is 0 Å². The van der Waals surface area contributed by atoms with Crippen LogP contribution in [0, 0.1) is 0 Å². The maximum Gasteiger partial charge on any atom is 0.261 e. The monoisotopic (exact) mass is 234 g/mol. The molecule has 0 fully saturated rings. The Kier molecular flexibility index (Phi) is 2.53. The maximum absolute atomic E-state index is 9.66. The van der Waals surface area contributed by atoms with Crippen molar-refractivity contribution < 1.29 is 14.7 Å². The van der Waals surface area contributed by atoms with Gasteiger partial charge in [-0.2, -0.15) is 4.98 Å². The minimum Gasteiger partial charge on any atom is -0.508 e. The summed E-state index contributed by atoms with van der Waals surface area (Å²) in [6.45, 7) is 5.89. The topological polar surface area (TPSA) is 79.4 Å². The van der Waals surface area contributed by atoms with Crippen molar-refractivity contribution in [2.75, 3.05) is 0 Å². The van der Waals surface area contributed by atoms with E-state index in [4.69, 9.17) is 4.52 Å². The lowest BCUT2D eigenvalue weighted by Crippen LogP contribution is -2.13. The second-order valence-corrected chi connectivity index (χ2v) is 4.87. The molecule has 0 radical (unpaired) electrons. The van der Waals surface area contributed by atoms with E-state index in [1.807, 2.05) is 20.8 Å². The molecule has 0 saturated carbocycles. The van der Waals surface area contributed by atoms with Crippen LogP contribution in [-0.2, 0) is 5.41 Å². The number of aromatic hydroxyl groups is 2. The predicted molar refractivity (Wildman–Crippen MR) is 61.8 cm³/mol. The smallest absolute Gasteiger partial charge is 0.261 e. The summed E-state index contributed by atoms with van der Waals surface area (Å²) >= 11 is 0. The van der Waals surface area contributed by atoms with Crippen molar-refractivity contribution in [2.24, 2.45) is 0 Å². The van der Waals surface area contributed by atoms with Gasteiger partial charge in [-0.3, -0.25) is 0 Å². The standard InChI is InChI=1S/C12H14N2O3/c1-12(2,3)11-13-10(17-14-11)8-6-7(15)4-5-9(8)16/h4-6,15-16H,1-3H3. The van der Waals surface area contributed by atoms with Crippen LogP contribution in [0.2, 0.25) is 0 Å². The van der Waals surface area contributed by atoms with Crippen LogP contribution in [0.5, 0.6) is 11.5 Å². The van der Waals surface area contributed by atoms with E-state index in [-0.39, 0.29) is 22.8 Å². The Hall–Kier alpha value is -2.04. The molecule has 0 bridgehead atoms. The molecule has 0 spiro atoms. The maximum atomic E-state index is 9.66. The van der Waals surface area contributed by atoms with Crippen molar-refractivity contribution in [1.29, 1.82) is 0 Å². The lowest BCUT2D eigenvalue weighted by atomic mass is 9.96. The average Bonchev–Trinajstić information content (AvgIpc) is 2.70. The molecule has 2 rings (SSSR count). The fourth-order valence-electron chi connectivity index (χ4n) is 1.33. The molecule has 90 valence electrons. The molecule has 0 amide bonds. The molecule has 0 aliphatic heterocycles. The number of aromatic nitrogens is 2. The van der Waals surface area contributed by atoms with E-state index >= 15 is 0 Å². The highest BCUT2D eigenvalue weighted by atomic mass is 16.5. The van der Waals surface area contributed by atoms with Gasteiger partial charge in [0.2, 0.25) is 0 Å². The van der Waals surface area contributed by atoms with Gasteiger partial charge in [0.1, 0.15) is 11.5 Å². The Labute approximate surface area is 98.7 Å². The Morgan fingerprint density at radius 3 is 2.47 bits per heavy atom. The van der Waals surface area contributed by atoms with E-state index in [1.165, 1.54) is 18.2 Å². The molecule has 2 aromatic rings. The fraction of sp³-hybridized carbons (Fsp3) is 0.333. The van der Waals surface area contributed by atoms with Crippen molar-refractivity contribution in [3.8, 4) is 23.0 Å². The van der Waals surface area contributed by atoms with Crippen LogP contribution in [0.15, 0.2) is 22.7 Å². The summed E-state index contributed by atoms with van der Waals surface area (Å²) in [7, 11) is 0. The normalized spacial score (nSPS) is 11.7. The molecular formula is C12H14N2O3. The van der Waals surface area contributed by atoms with Gasteiger partial charge in [0.25, 0.3) is 5.89 Å². The molecule has 5 nitrogen and oxygen atoms in total. The van der Waals surface area contributed by atoms with Crippen LogP contribution in [0.3, 0.4) is 0 Å². The summed E-state index contributed by atoms with van der Waals surface area (Å²) in [6, 6.07) is 4.15. The zero-order valence-electron chi connectivity index (χ0n) is 9.93. The molecule has 1 aromatic carbocycles. The first-order valence-electron chi connectivity index (χ1n) is 5.24. The third kappa shape index (κ3) is 2.22. The van der Waals surface area contributed by atoms with Gasteiger partial charge in [-0.25, -0.2) is 0 Å². The molecular weight excluding hydrogens is 220 g/mol. The summed E-state index contributed by atoms with van der Waals surface area (Å²) < 4.78 is 5.08. The minimum atomic E-state index is -0.228. The summed E-state index contributed by atoms with van der Waals surface area (Å²) in [4.78, 5) is 4.20. The number of rotatable bonds is 1. The first-order chi connectivity index (χ1) is 7.88. The predicted octanol–water partition coefficient (Wildman–Crippen LogP) is 2.45. The van der Waals surface area contributed by atoms with Crippen LogP contribution in [0.4, 0.5) is 0 Å². The van der Waals surface area contributed by atoms with Crippen LogP contribution < -0.4 is 0 Å². The Bertz CT molecular complexity index is 541. The third-order valence-corrected chi connectivity index (χ3v) is 2.31. The first-order valence-corrected chi connectivity index (χ1v) is 5.24. The molecule has 0 saturated heterocycles. The van der Waals surface area contributed by atoms with Gasteiger partial charge in [0.15, 0.2) is 5.82 Å². The number of phenolic OH excluding ortho intramolecular Hbond substituents is 2. The second kappa shape index (κ2) is 3.76. The van der Waals surface area contributed by atoms with Gasteiger partial charge in [0.05, 0.1) is 5.56 Å². The van der Waals surface area contributed by atoms with Crippen molar-refractivity contribution in [3.63, 3.8) is 0 Å². The number of nitrogens with zero attached hydrogens (tertiary/aromatic N) is 2. The average molecular weight is 234 g/mol. The highest BCUT2D eigenvalue weighted by Gasteiger charge is 2.22. The Morgan fingerprint density at radius 2 is 1.88 bits per heavy atom. The third-order valence-electron chi connectivity index (χ3n) is 2.31. The van der Waals surface area contributed by atoms with E-state index in [9.17, 15) is 10.2 Å². The highest BCUT2D eigenvalue weighted by Crippen LogP contribution is 2.32. The Morgan fingerprint density at radius 1 is 1.18 bits per heavy atom. The minimum absolute atomic E-state index is 0.00749. The number of phenols is 2. The number of hydrogen-bond acceptors (Lipinski definition) is 5. The van der Waals surface area contributed by atoms with Crippen LogP contribution >= 0.6 is 0 Å². The molecule has 17 heavy (non-hydrogen) atoms. The lowest BCUT2D eigenvalue weighted by Gasteiger charge is -2.10. The number of hydrogen-bond donors (Lipinski definition) is 2. The van der Waals surface area contributed by atoms with Gasteiger partial charge in [-0.15, -0.1) is 0 Å². The van der Waals surface area contributed by atoms with Crippen LogP contribution in [-0.4, -0.2) is 20.4 Å². The molecule has 2 N–H and O–H groups in total. The first kappa shape index (κ1) is 11.4. The van der Waals surface area contributed by atoms with Crippen LogP contribution in [0.1, 0.15) is 26.6 Å². The molecule has 0 aliphatic carbocycles. The Balaban J connectivity index is 2.47. The summed E-state index contributed by atoms with van der Waals surface area (Å²) in [6.07, 6.45) is 0. The number of benzene rings is 1. The molecule has 0 aliphatic rings. The van der Waals surface area contributed by atoms with Gasteiger partial charge in [0, 0.05) is 5.41 Å². The van der Waals surface area contributed by atoms with E-state index in [0.29, 0.717) is 11.4 Å². The van der Waals surface area contributed by atoms with Gasteiger partial charge < -0.3 is 14.7 Å². The van der Waals surface area contributed by atoms with Crippen molar-refractivity contribution in [1.82, 2.24) is 10.1 Å². The van der Waals surface area contributed by atoms with E-state index in [0.717, 1.165) is 0 Å². The SMILES string of the molecule is CC(C)(C)c1noc(-c2cc(O)ccc2O)n1. The fourth-order valence-corrected chi connectivity index (χ4v) is 1.33. The largest absolute Gasteiger partial charge is 0.508 e. The van der Waals surface area contributed by atoms with Gasteiger partial charge >= 0.3 is 0 Å². The van der Waals surface area contributed by atoms with Crippen molar-refractivity contribution >= 4 is 0 Å². The van der Waals surface area contributed by atoms with E-state index < -0.39 is 0 Å².